The van der Waals surface area contributed by atoms with Crippen molar-refractivity contribution in [1.82, 2.24) is 0 Å². The Balaban J connectivity index is 2.09. The van der Waals surface area contributed by atoms with Gasteiger partial charge < -0.3 is 0 Å². The van der Waals surface area contributed by atoms with Gasteiger partial charge in [0.1, 0.15) is 0 Å². The van der Waals surface area contributed by atoms with E-state index in [2.05, 4.69) is 13.8 Å². The van der Waals surface area contributed by atoms with Crippen LogP contribution >= 0.6 is 0 Å². The van der Waals surface area contributed by atoms with Crippen LogP contribution in [0.2, 0.25) is 0 Å². The number of hydrogen-bond donors (Lipinski definition) is 0. The summed E-state index contributed by atoms with van der Waals surface area (Å²) in [6.07, 6.45) is 11.4. The standard InChI is InChI=1S/C13H22/c1-3-13(2)9-11-7-5-4-6-8-12(11)10-13/h3-10H2,1-2H3. The zero-order valence-electron chi connectivity index (χ0n) is 9.16. The fraction of sp³-hybridized carbons (Fsp3) is 0.846. The maximum Gasteiger partial charge on any atom is -0.0254 e. The predicted octanol–water partition coefficient (Wildman–Crippen LogP) is 4.46. The lowest BCUT2D eigenvalue weighted by Crippen LogP contribution is -2.10. The van der Waals surface area contributed by atoms with E-state index in [9.17, 15) is 0 Å². The molecule has 0 heterocycles. The van der Waals surface area contributed by atoms with Crippen LogP contribution in [0.5, 0.6) is 0 Å². The van der Waals surface area contributed by atoms with Gasteiger partial charge in [-0.2, -0.15) is 0 Å². The van der Waals surface area contributed by atoms with Gasteiger partial charge in [0.15, 0.2) is 0 Å². The molecule has 0 bridgehead atoms. The first-order chi connectivity index (χ1) is 6.23. The van der Waals surface area contributed by atoms with E-state index in [-0.39, 0.29) is 0 Å². The average Bonchev–Trinajstić information content (AvgIpc) is 2.29. The Bertz CT molecular complexity index is 204. The van der Waals surface area contributed by atoms with Gasteiger partial charge in [-0.3, -0.25) is 0 Å². The Morgan fingerprint density at radius 1 is 1.00 bits per heavy atom. The van der Waals surface area contributed by atoms with Crippen molar-refractivity contribution < 1.29 is 0 Å². The Morgan fingerprint density at radius 3 is 2.00 bits per heavy atom. The van der Waals surface area contributed by atoms with E-state index in [0.29, 0.717) is 5.41 Å². The van der Waals surface area contributed by atoms with Gasteiger partial charge in [-0.1, -0.05) is 37.8 Å². The van der Waals surface area contributed by atoms with Gasteiger partial charge in [-0.25, -0.2) is 0 Å². The SMILES string of the molecule is CCC1(C)CC2=C(CCCCC2)C1. The third kappa shape index (κ3) is 1.82. The Kier molecular flexibility index (Phi) is 2.49. The lowest BCUT2D eigenvalue weighted by atomic mass is 9.82. The molecule has 0 saturated carbocycles. The summed E-state index contributed by atoms with van der Waals surface area (Å²) in [5.41, 5.74) is 4.34. The molecule has 0 spiro atoms. The van der Waals surface area contributed by atoms with Crippen molar-refractivity contribution in [3.8, 4) is 0 Å². The number of hydrogen-bond acceptors (Lipinski definition) is 0. The summed E-state index contributed by atoms with van der Waals surface area (Å²) in [5.74, 6) is 0. The minimum Gasteiger partial charge on any atom is -0.0704 e. The van der Waals surface area contributed by atoms with Crippen molar-refractivity contribution in [3.63, 3.8) is 0 Å². The van der Waals surface area contributed by atoms with Crippen LogP contribution in [0, 0.1) is 5.41 Å². The van der Waals surface area contributed by atoms with Gasteiger partial charge in [0.2, 0.25) is 0 Å². The van der Waals surface area contributed by atoms with E-state index >= 15 is 0 Å². The predicted molar refractivity (Wildman–Crippen MR) is 57.7 cm³/mol. The second-order valence-electron chi connectivity index (χ2n) is 5.29. The molecule has 2 aliphatic rings. The highest BCUT2D eigenvalue weighted by molar-refractivity contribution is 5.25. The Labute approximate surface area is 82.4 Å². The summed E-state index contributed by atoms with van der Waals surface area (Å²) in [4.78, 5) is 0. The lowest BCUT2D eigenvalue weighted by molar-refractivity contribution is 0.324. The zero-order valence-corrected chi connectivity index (χ0v) is 9.16. The average molecular weight is 178 g/mol. The fourth-order valence-corrected chi connectivity index (χ4v) is 2.98. The third-order valence-electron chi connectivity index (χ3n) is 4.09. The van der Waals surface area contributed by atoms with Gasteiger partial charge in [-0.15, -0.1) is 0 Å². The van der Waals surface area contributed by atoms with Crippen LogP contribution in [0.4, 0.5) is 0 Å². The molecule has 0 aromatic heterocycles. The normalized spacial score (nSPS) is 27.2. The second-order valence-corrected chi connectivity index (χ2v) is 5.29. The molecule has 0 heteroatoms. The van der Waals surface area contributed by atoms with Crippen LogP contribution in [0.3, 0.4) is 0 Å². The van der Waals surface area contributed by atoms with Gasteiger partial charge in [-0.05, 0) is 43.9 Å². The number of allylic oxidation sites excluding steroid dienone is 2. The van der Waals surface area contributed by atoms with Crippen LogP contribution in [-0.4, -0.2) is 0 Å². The molecule has 0 amide bonds. The lowest BCUT2D eigenvalue weighted by Gasteiger charge is -2.22. The van der Waals surface area contributed by atoms with E-state index in [1.54, 1.807) is 0 Å². The first-order valence-corrected chi connectivity index (χ1v) is 5.93. The molecule has 2 rings (SSSR count). The van der Waals surface area contributed by atoms with Crippen molar-refractivity contribution in [2.24, 2.45) is 5.41 Å². The largest absolute Gasteiger partial charge is 0.0704 e. The van der Waals surface area contributed by atoms with E-state index in [1.165, 1.54) is 51.4 Å². The molecule has 0 aromatic rings. The highest BCUT2D eigenvalue weighted by Crippen LogP contribution is 2.48. The van der Waals surface area contributed by atoms with Crippen molar-refractivity contribution in [2.75, 3.05) is 0 Å². The van der Waals surface area contributed by atoms with Gasteiger partial charge in [0.25, 0.3) is 0 Å². The summed E-state index contributed by atoms with van der Waals surface area (Å²) >= 11 is 0. The number of rotatable bonds is 1. The van der Waals surface area contributed by atoms with Crippen molar-refractivity contribution >= 4 is 0 Å². The summed E-state index contributed by atoms with van der Waals surface area (Å²) in [7, 11) is 0. The summed E-state index contributed by atoms with van der Waals surface area (Å²) < 4.78 is 0. The molecule has 0 saturated heterocycles. The monoisotopic (exact) mass is 178 g/mol. The second kappa shape index (κ2) is 3.48. The van der Waals surface area contributed by atoms with Crippen LogP contribution in [-0.2, 0) is 0 Å². The maximum absolute atomic E-state index is 2.47. The highest BCUT2D eigenvalue weighted by atomic mass is 14.4. The summed E-state index contributed by atoms with van der Waals surface area (Å²) in [6.45, 7) is 4.83. The molecule has 0 N–H and O–H groups in total. The molecule has 2 aliphatic carbocycles. The smallest absolute Gasteiger partial charge is 0.0254 e. The molecule has 0 atom stereocenters. The van der Waals surface area contributed by atoms with Crippen molar-refractivity contribution in [2.45, 2.75) is 65.2 Å². The quantitative estimate of drug-likeness (QED) is 0.520. The van der Waals surface area contributed by atoms with Crippen molar-refractivity contribution in [1.29, 1.82) is 0 Å². The summed E-state index contributed by atoms with van der Waals surface area (Å²) in [6, 6.07) is 0. The van der Waals surface area contributed by atoms with Gasteiger partial charge in [0, 0.05) is 0 Å². The fourth-order valence-electron chi connectivity index (χ4n) is 2.98. The van der Waals surface area contributed by atoms with Crippen molar-refractivity contribution in [3.05, 3.63) is 11.1 Å². The van der Waals surface area contributed by atoms with E-state index in [1.807, 2.05) is 11.1 Å². The third-order valence-corrected chi connectivity index (χ3v) is 4.09. The van der Waals surface area contributed by atoms with Gasteiger partial charge >= 0.3 is 0 Å². The molecule has 74 valence electrons. The molecular formula is C13H22. The van der Waals surface area contributed by atoms with E-state index in [4.69, 9.17) is 0 Å². The minimum absolute atomic E-state index is 0.641. The van der Waals surface area contributed by atoms with E-state index < -0.39 is 0 Å². The molecule has 13 heavy (non-hydrogen) atoms. The molecule has 0 unspecified atom stereocenters. The molecule has 0 aromatic carbocycles. The Morgan fingerprint density at radius 2 is 1.54 bits per heavy atom. The first-order valence-electron chi connectivity index (χ1n) is 5.93. The summed E-state index contributed by atoms with van der Waals surface area (Å²) in [5, 5.41) is 0. The van der Waals surface area contributed by atoms with Crippen LogP contribution in [0.25, 0.3) is 0 Å². The topological polar surface area (TPSA) is 0 Å². The van der Waals surface area contributed by atoms with Crippen LogP contribution in [0.15, 0.2) is 11.1 Å². The first kappa shape index (κ1) is 9.30. The molecule has 0 fully saturated rings. The molecule has 0 aliphatic heterocycles. The van der Waals surface area contributed by atoms with Gasteiger partial charge in [0.05, 0.1) is 0 Å². The Hall–Kier alpha value is -0.260. The van der Waals surface area contributed by atoms with Crippen LogP contribution < -0.4 is 0 Å². The maximum atomic E-state index is 2.47. The molecular weight excluding hydrogens is 156 g/mol. The molecule has 0 radical (unpaired) electrons. The zero-order chi connectivity index (χ0) is 9.31. The minimum atomic E-state index is 0.641. The molecule has 0 nitrogen and oxygen atoms in total. The highest BCUT2D eigenvalue weighted by Gasteiger charge is 2.32. The van der Waals surface area contributed by atoms with Crippen LogP contribution in [0.1, 0.15) is 65.2 Å². The van der Waals surface area contributed by atoms with E-state index in [0.717, 1.165) is 0 Å².